The first-order valence-electron chi connectivity index (χ1n) is 7.41. The second-order valence-corrected chi connectivity index (χ2v) is 8.11. The zero-order valence-electron chi connectivity index (χ0n) is 12.8. The number of nitrogens with zero attached hydrogens (tertiary/aromatic N) is 2. The third-order valence-electron chi connectivity index (χ3n) is 4.77. The van der Waals surface area contributed by atoms with Crippen molar-refractivity contribution in [3.63, 3.8) is 0 Å². The summed E-state index contributed by atoms with van der Waals surface area (Å²) in [7, 11) is 0. The summed E-state index contributed by atoms with van der Waals surface area (Å²) < 4.78 is 0. The second-order valence-electron chi connectivity index (χ2n) is 7.75. The molecule has 1 amide bonds. The summed E-state index contributed by atoms with van der Waals surface area (Å²) in [6.07, 6.45) is 4.76. The minimum atomic E-state index is -0.0359. The van der Waals surface area contributed by atoms with Gasteiger partial charge < -0.3 is 10.6 Å². The van der Waals surface area contributed by atoms with E-state index in [0.29, 0.717) is 17.3 Å². The predicted molar refractivity (Wildman–Crippen MR) is 84.2 cm³/mol. The molecule has 1 aromatic rings. The van der Waals surface area contributed by atoms with Gasteiger partial charge in [0.2, 0.25) is 0 Å². The highest BCUT2D eigenvalue weighted by Gasteiger charge is 2.51. The van der Waals surface area contributed by atoms with Crippen LogP contribution in [-0.2, 0) is 0 Å². The van der Waals surface area contributed by atoms with Gasteiger partial charge in [-0.15, -0.1) is 0 Å². The summed E-state index contributed by atoms with van der Waals surface area (Å²) in [6.45, 7) is 7.67. The molecule has 0 aromatic carbocycles. The van der Waals surface area contributed by atoms with Crippen LogP contribution in [-0.4, -0.2) is 28.4 Å². The highest BCUT2D eigenvalue weighted by Crippen LogP contribution is 2.52. The quantitative estimate of drug-likeness (QED) is 0.809. The van der Waals surface area contributed by atoms with Crippen molar-refractivity contribution >= 4 is 23.2 Å². The topological polar surface area (TPSA) is 59.2 Å². The monoisotopic (exact) mass is 307 g/mol. The van der Waals surface area contributed by atoms with Crippen molar-refractivity contribution in [1.82, 2.24) is 9.88 Å². The van der Waals surface area contributed by atoms with E-state index in [0.717, 1.165) is 25.8 Å². The number of hydrogen-bond donors (Lipinski definition) is 1. The summed E-state index contributed by atoms with van der Waals surface area (Å²) in [5, 5.41) is 0.236. The smallest absolute Gasteiger partial charge is 0.257 e. The Labute approximate surface area is 130 Å². The van der Waals surface area contributed by atoms with Crippen LogP contribution in [0.5, 0.6) is 0 Å². The SMILES string of the molecule is CC1(C)CC2CC(C)(CN2C(=O)c2cc(N)cnc2Cl)C1. The summed E-state index contributed by atoms with van der Waals surface area (Å²) in [6, 6.07) is 1.93. The number of amides is 1. The van der Waals surface area contributed by atoms with Gasteiger partial charge in [-0.2, -0.15) is 0 Å². The number of anilines is 1. The van der Waals surface area contributed by atoms with E-state index in [4.69, 9.17) is 17.3 Å². The number of halogens is 1. The molecule has 0 radical (unpaired) electrons. The zero-order chi connectivity index (χ0) is 15.4. The second kappa shape index (κ2) is 4.60. The Morgan fingerprint density at radius 3 is 2.86 bits per heavy atom. The Hall–Kier alpha value is -1.29. The van der Waals surface area contributed by atoms with Crippen LogP contribution in [0, 0.1) is 10.8 Å². The third-order valence-corrected chi connectivity index (χ3v) is 5.07. The first-order valence-corrected chi connectivity index (χ1v) is 7.79. The average molecular weight is 308 g/mol. The highest BCUT2D eigenvalue weighted by molar-refractivity contribution is 6.32. The third kappa shape index (κ3) is 2.61. The van der Waals surface area contributed by atoms with Gasteiger partial charge in [0.1, 0.15) is 5.15 Å². The Morgan fingerprint density at radius 2 is 2.14 bits per heavy atom. The number of fused-ring (bicyclic) bond motifs is 2. The molecule has 3 rings (SSSR count). The number of carbonyl (C=O) groups is 1. The van der Waals surface area contributed by atoms with E-state index in [1.165, 1.54) is 6.20 Å². The zero-order valence-corrected chi connectivity index (χ0v) is 13.6. The van der Waals surface area contributed by atoms with Gasteiger partial charge in [-0.25, -0.2) is 4.98 Å². The van der Waals surface area contributed by atoms with E-state index in [1.54, 1.807) is 6.07 Å². The largest absolute Gasteiger partial charge is 0.397 e. The lowest BCUT2D eigenvalue weighted by molar-refractivity contribution is 0.0708. The van der Waals surface area contributed by atoms with Crippen LogP contribution >= 0.6 is 11.6 Å². The van der Waals surface area contributed by atoms with Gasteiger partial charge in [0.25, 0.3) is 5.91 Å². The number of aromatic nitrogens is 1. The van der Waals surface area contributed by atoms with Gasteiger partial charge >= 0.3 is 0 Å². The van der Waals surface area contributed by atoms with Crippen molar-refractivity contribution < 1.29 is 4.79 Å². The summed E-state index contributed by atoms with van der Waals surface area (Å²) in [4.78, 5) is 18.8. The lowest BCUT2D eigenvalue weighted by Gasteiger charge is -2.39. The maximum atomic E-state index is 12.9. The van der Waals surface area contributed by atoms with Crippen LogP contribution in [0.15, 0.2) is 12.3 Å². The predicted octanol–water partition coefficient (Wildman–Crippen LogP) is 3.36. The molecule has 1 aliphatic heterocycles. The number of rotatable bonds is 1. The molecule has 1 saturated heterocycles. The Kier molecular flexibility index (Phi) is 3.21. The average Bonchev–Trinajstić information content (AvgIpc) is 2.61. The highest BCUT2D eigenvalue weighted by atomic mass is 35.5. The van der Waals surface area contributed by atoms with Crippen LogP contribution in [0.3, 0.4) is 0 Å². The Balaban J connectivity index is 1.91. The number of likely N-dealkylation sites (tertiary alicyclic amines) is 1. The molecule has 114 valence electrons. The molecular formula is C16H22ClN3O. The molecule has 1 saturated carbocycles. The summed E-state index contributed by atoms with van der Waals surface area (Å²) in [5.41, 5.74) is 7.13. The van der Waals surface area contributed by atoms with Crippen LogP contribution in [0.2, 0.25) is 5.15 Å². The molecule has 21 heavy (non-hydrogen) atoms. The van der Waals surface area contributed by atoms with Gasteiger partial charge in [0.15, 0.2) is 0 Å². The number of nitrogen functional groups attached to an aromatic ring is 1. The van der Waals surface area contributed by atoms with Crippen LogP contribution in [0.1, 0.15) is 50.4 Å². The molecule has 5 heteroatoms. The number of hydrogen-bond acceptors (Lipinski definition) is 3. The van der Waals surface area contributed by atoms with E-state index >= 15 is 0 Å². The van der Waals surface area contributed by atoms with Crippen molar-refractivity contribution in [2.45, 2.75) is 46.1 Å². The summed E-state index contributed by atoms with van der Waals surface area (Å²) in [5.74, 6) is -0.0359. The van der Waals surface area contributed by atoms with Gasteiger partial charge in [-0.3, -0.25) is 4.79 Å². The van der Waals surface area contributed by atoms with Crippen molar-refractivity contribution in [2.24, 2.45) is 10.8 Å². The number of nitrogens with two attached hydrogens (primary N) is 1. The lowest BCUT2D eigenvalue weighted by Crippen LogP contribution is -2.37. The molecule has 0 spiro atoms. The number of pyridine rings is 1. The first-order chi connectivity index (χ1) is 9.69. The molecule has 2 bridgehead atoms. The maximum absolute atomic E-state index is 12.9. The van der Waals surface area contributed by atoms with Crippen LogP contribution in [0.25, 0.3) is 0 Å². The fraction of sp³-hybridized carbons (Fsp3) is 0.625. The molecule has 2 N–H and O–H groups in total. The van der Waals surface area contributed by atoms with Crippen molar-refractivity contribution in [3.05, 3.63) is 23.0 Å². The van der Waals surface area contributed by atoms with Gasteiger partial charge in [-0.05, 0) is 36.2 Å². The molecule has 1 aromatic heterocycles. The van der Waals surface area contributed by atoms with Crippen molar-refractivity contribution in [2.75, 3.05) is 12.3 Å². The van der Waals surface area contributed by atoms with Gasteiger partial charge in [0, 0.05) is 12.6 Å². The molecule has 2 atom stereocenters. The van der Waals surface area contributed by atoms with E-state index in [-0.39, 0.29) is 21.9 Å². The fourth-order valence-corrected chi connectivity index (χ4v) is 4.65. The van der Waals surface area contributed by atoms with Gasteiger partial charge in [-0.1, -0.05) is 32.4 Å². The standard InChI is InChI=1S/C16H22ClN3O/c1-15(2)5-11-6-16(3,8-15)9-20(11)14(21)12-4-10(18)7-19-13(12)17/h4,7,11H,5-6,8-9,18H2,1-3H3. The molecule has 4 nitrogen and oxygen atoms in total. The maximum Gasteiger partial charge on any atom is 0.257 e. The Morgan fingerprint density at radius 1 is 1.43 bits per heavy atom. The van der Waals surface area contributed by atoms with Crippen LogP contribution in [0.4, 0.5) is 5.69 Å². The minimum Gasteiger partial charge on any atom is -0.397 e. The minimum absolute atomic E-state index is 0.0359. The van der Waals surface area contributed by atoms with Gasteiger partial charge in [0.05, 0.1) is 17.4 Å². The molecular weight excluding hydrogens is 286 g/mol. The molecule has 2 unspecified atom stereocenters. The fourth-order valence-electron chi connectivity index (χ4n) is 4.47. The van der Waals surface area contributed by atoms with Crippen LogP contribution < -0.4 is 5.73 Å². The summed E-state index contributed by atoms with van der Waals surface area (Å²) >= 11 is 6.09. The first kappa shape index (κ1) is 14.6. The Bertz CT molecular complexity index is 601. The molecule has 2 aliphatic rings. The van der Waals surface area contributed by atoms with Crippen molar-refractivity contribution in [1.29, 1.82) is 0 Å². The van der Waals surface area contributed by atoms with Crippen molar-refractivity contribution in [3.8, 4) is 0 Å². The molecule has 1 aliphatic carbocycles. The molecule has 2 heterocycles. The van der Waals surface area contributed by atoms with E-state index in [1.807, 2.05) is 4.90 Å². The molecule has 2 fully saturated rings. The van der Waals surface area contributed by atoms with E-state index in [9.17, 15) is 4.79 Å². The normalized spacial score (nSPS) is 30.5. The lowest BCUT2D eigenvalue weighted by atomic mass is 9.65. The van der Waals surface area contributed by atoms with E-state index < -0.39 is 0 Å². The number of carbonyl (C=O) groups excluding carboxylic acids is 1. The van der Waals surface area contributed by atoms with E-state index in [2.05, 4.69) is 25.8 Å².